The summed E-state index contributed by atoms with van der Waals surface area (Å²) in [5.41, 5.74) is 2.09. The van der Waals surface area contributed by atoms with Crippen LogP contribution in [-0.4, -0.2) is 29.5 Å². The van der Waals surface area contributed by atoms with E-state index in [0.29, 0.717) is 17.9 Å². The van der Waals surface area contributed by atoms with E-state index in [-0.39, 0.29) is 24.5 Å². The molecule has 0 N–H and O–H groups in total. The Balaban J connectivity index is 1.69. The highest BCUT2D eigenvalue weighted by atomic mass is 35.5. The predicted octanol–water partition coefficient (Wildman–Crippen LogP) is 4.11. The molecule has 0 bridgehead atoms. The van der Waals surface area contributed by atoms with Gasteiger partial charge in [0.25, 0.3) is 0 Å². The van der Waals surface area contributed by atoms with Crippen LogP contribution in [0.1, 0.15) is 18.1 Å². The lowest BCUT2D eigenvalue weighted by atomic mass is 9.98. The molecule has 3 rings (SSSR count). The van der Waals surface area contributed by atoms with Crippen LogP contribution in [0, 0.1) is 5.92 Å². The highest BCUT2D eigenvalue weighted by molar-refractivity contribution is 6.30. The number of nitrogens with zero attached hydrogens (tertiary/aromatic N) is 1. The van der Waals surface area contributed by atoms with Gasteiger partial charge in [-0.25, -0.2) is 9.69 Å². The number of hydrogen-bond acceptors (Lipinski definition) is 3. The van der Waals surface area contributed by atoms with Crippen LogP contribution in [0.2, 0.25) is 5.02 Å². The first kappa shape index (κ1) is 17.5. The average molecular weight is 358 g/mol. The number of benzene rings is 2. The smallest absolute Gasteiger partial charge is 0.416 e. The summed E-state index contributed by atoms with van der Waals surface area (Å²) in [5, 5.41) is 0.661. The third kappa shape index (κ3) is 4.20. The Hall–Kier alpha value is -2.33. The van der Waals surface area contributed by atoms with Gasteiger partial charge in [-0.05, 0) is 36.1 Å². The predicted molar refractivity (Wildman–Crippen MR) is 96.4 cm³/mol. The molecule has 0 spiro atoms. The van der Waals surface area contributed by atoms with E-state index in [9.17, 15) is 9.59 Å². The summed E-state index contributed by atoms with van der Waals surface area (Å²) in [5.74, 6) is -0.511. The van der Waals surface area contributed by atoms with E-state index in [1.165, 1.54) is 4.90 Å². The molecule has 0 aliphatic carbocycles. The molecular formula is C20H20ClNO3. The fourth-order valence-electron chi connectivity index (χ4n) is 3.07. The monoisotopic (exact) mass is 357 g/mol. The number of imide groups is 1. The summed E-state index contributed by atoms with van der Waals surface area (Å²) in [6.45, 7) is 2.08. The fraction of sp³-hybridized carbons (Fsp3) is 0.300. The van der Waals surface area contributed by atoms with Gasteiger partial charge >= 0.3 is 6.09 Å². The van der Waals surface area contributed by atoms with Crippen molar-refractivity contribution in [3.8, 4) is 0 Å². The molecule has 1 fully saturated rings. The summed E-state index contributed by atoms with van der Waals surface area (Å²) < 4.78 is 5.14. The minimum atomic E-state index is -0.547. The molecule has 1 aliphatic heterocycles. The van der Waals surface area contributed by atoms with Crippen molar-refractivity contribution < 1.29 is 14.3 Å². The number of amides is 2. The maximum atomic E-state index is 12.8. The first-order chi connectivity index (χ1) is 12.0. The maximum absolute atomic E-state index is 12.8. The Morgan fingerprint density at radius 3 is 2.52 bits per heavy atom. The first-order valence-corrected chi connectivity index (χ1v) is 8.70. The standard InChI is InChI=1S/C20H20ClNO3/c1-14(11-16-7-9-17(21)10-8-16)19(23)22-18(13-25-20(22)24)12-15-5-3-2-4-6-15/h2-10,14,18H,11-13H2,1H3/t14-,18+/m1/s1. The molecule has 130 valence electrons. The minimum Gasteiger partial charge on any atom is -0.447 e. The molecule has 1 heterocycles. The number of cyclic esters (lactones) is 1. The van der Waals surface area contributed by atoms with E-state index in [2.05, 4.69) is 0 Å². The van der Waals surface area contributed by atoms with Gasteiger partial charge in [0.2, 0.25) is 5.91 Å². The largest absolute Gasteiger partial charge is 0.447 e. The van der Waals surface area contributed by atoms with Crippen LogP contribution < -0.4 is 0 Å². The van der Waals surface area contributed by atoms with Gasteiger partial charge in [0, 0.05) is 10.9 Å². The highest BCUT2D eigenvalue weighted by Crippen LogP contribution is 2.22. The van der Waals surface area contributed by atoms with Gasteiger partial charge in [-0.15, -0.1) is 0 Å². The van der Waals surface area contributed by atoms with Crippen molar-refractivity contribution in [3.63, 3.8) is 0 Å². The number of ether oxygens (including phenoxy) is 1. The van der Waals surface area contributed by atoms with Crippen molar-refractivity contribution in [1.82, 2.24) is 4.90 Å². The summed E-state index contributed by atoms with van der Waals surface area (Å²) >= 11 is 5.89. The molecular weight excluding hydrogens is 338 g/mol. The molecule has 0 unspecified atom stereocenters. The zero-order valence-electron chi connectivity index (χ0n) is 14.0. The van der Waals surface area contributed by atoms with E-state index in [4.69, 9.17) is 16.3 Å². The van der Waals surface area contributed by atoms with Crippen LogP contribution in [-0.2, 0) is 22.4 Å². The van der Waals surface area contributed by atoms with E-state index < -0.39 is 6.09 Å². The van der Waals surface area contributed by atoms with Crippen LogP contribution in [0.25, 0.3) is 0 Å². The normalized spacial score (nSPS) is 18.1. The Kier molecular flexibility index (Phi) is 5.39. The van der Waals surface area contributed by atoms with Crippen LogP contribution in [0.4, 0.5) is 4.79 Å². The summed E-state index contributed by atoms with van der Waals surface area (Å²) in [6, 6.07) is 17.0. The van der Waals surface area contributed by atoms with Gasteiger partial charge < -0.3 is 4.74 Å². The molecule has 5 heteroatoms. The van der Waals surface area contributed by atoms with Gasteiger partial charge in [-0.1, -0.05) is 61.0 Å². The molecule has 1 aliphatic rings. The van der Waals surface area contributed by atoms with Crippen LogP contribution in [0.5, 0.6) is 0 Å². The quantitative estimate of drug-likeness (QED) is 0.809. The first-order valence-electron chi connectivity index (χ1n) is 8.33. The lowest BCUT2D eigenvalue weighted by molar-refractivity contribution is -0.132. The van der Waals surface area contributed by atoms with Crippen LogP contribution in [0.3, 0.4) is 0 Å². The molecule has 2 aromatic carbocycles. The van der Waals surface area contributed by atoms with Crippen molar-refractivity contribution in [3.05, 3.63) is 70.7 Å². The number of carbonyl (C=O) groups is 2. The molecule has 0 aromatic heterocycles. The molecule has 0 saturated carbocycles. The Bertz CT molecular complexity index is 745. The number of rotatable bonds is 5. The fourth-order valence-corrected chi connectivity index (χ4v) is 3.19. The summed E-state index contributed by atoms with van der Waals surface area (Å²) in [6.07, 6.45) is 0.609. The van der Waals surface area contributed by atoms with Crippen molar-refractivity contribution in [2.75, 3.05) is 6.61 Å². The molecule has 2 amide bonds. The van der Waals surface area contributed by atoms with Gasteiger partial charge in [0.15, 0.2) is 0 Å². The zero-order valence-corrected chi connectivity index (χ0v) is 14.8. The highest BCUT2D eigenvalue weighted by Gasteiger charge is 2.39. The zero-order chi connectivity index (χ0) is 17.8. The van der Waals surface area contributed by atoms with E-state index in [0.717, 1.165) is 11.1 Å². The number of hydrogen-bond donors (Lipinski definition) is 0. The molecule has 2 atom stereocenters. The van der Waals surface area contributed by atoms with Crippen LogP contribution in [0.15, 0.2) is 54.6 Å². The molecule has 1 saturated heterocycles. The summed E-state index contributed by atoms with van der Waals surface area (Å²) in [4.78, 5) is 26.2. The third-order valence-corrected chi connectivity index (χ3v) is 4.64. The van der Waals surface area contributed by atoms with E-state index >= 15 is 0 Å². The SMILES string of the molecule is C[C@H](Cc1ccc(Cl)cc1)C(=O)N1C(=O)OC[C@@H]1Cc1ccccc1. The van der Waals surface area contributed by atoms with Crippen molar-refractivity contribution in [2.24, 2.45) is 5.92 Å². The van der Waals surface area contributed by atoms with Gasteiger partial charge in [-0.3, -0.25) is 4.79 Å². The Labute approximate surface area is 152 Å². The molecule has 25 heavy (non-hydrogen) atoms. The Morgan fingerprint density at radius 2 is 1.84 bits per heavy atom. The van der Waals surface area contributed by atoms with Crippen molar-refractivity contribution >= 4 is 23.6 Å². The number of carbonyl (C=O) groups excluding carboxylic acids is 2. The van der Waals surface area contributed by atoms with Gasteiger partial charge in [0.05, 0.1) is 6.04 Å². The molecule has 4 nitrogen and oxygen atoms in total. The van der Waals surface area contributed by atoms with E-state index in [1.807, 2.05) is 49.4 Å². The van der Waals surface area contributed by atoms with Crippen molar-refractivity contribution in [1.29, 1.82) is 0 Å². The third-order valence-electron chi connectivity index (χ3n) is 4.39. The maximum Gasteiger partial charge on any atom is 0.416 e. The molecule has 2 aromatic rings. The molecule has 0 radical (unpaired) electrons. The van der Waals surface area contributed by atoms with Gasteiger partial charge in [0.1, 0.15) is 6.61 Å². The Morgan fingerprint density at radius 1 is 1.16 bits per heavy atom. The second-order valence-electron chi connectivity index (χ2n) is 6.36. The average Bonchev–Trinajstić information content (AvgIpc) is 2.97. The van der Waals surface area contributed by atoms with E-state index in [1.54, 1.807) is 12.1 Å². The van der Waals surface area contributed by atoms with Crippen molar-refractivity contribution in [2.45, 2.75) is 25.8 Å². The lowest BCUT2D eigenvalue weighted by Gasteiger charge is -2.23. The second kappa shape index (κ2) is 7.70. The number of halogens is 1. The lowest BCUT2D eigenvalue weighted by Crippen LogP contribution is -2.43. The van der Waals surface area contributed by atoms with Crippen LogP contribution >= 0.6 is 11.6 Å². The minimum absolute atomic E-state index is 0.196. The topological polar surface area (TPSA) is 46.6 Å². The second-order valence-corrected chi connectivity index (χ2v) is 6.80. The van der Waals surface area contributed by atoms with Gasteiger partial charge in [-0.2, -0.15) is 0 Å². The summed E-state index contributed by atoms with van der Waals surface area (Å²) in [7, 11) is 0.